The van der Waals surface area contributed by atoms with Crippen molar-refractivity contribution >= 4 is 33.4 Å². The summed E-state index contributed by atoms with van der Waals surface area (Å²) in [7, 11) is 0. The van der Waals surface area contributed by atoms with Crippen molar-refractivity contribution in [2.75, 3.05) is 19.6 Å². The van der Waals surface area contributed by atoms with Gasteiger partial charge < -0.3 is 10.2 Å². The largest absolute Gasteiger partial charge is 0.351 e. The summed E-state index contributed by atoms with van der Waals surface area (Å²) in [6.45, 7) is 4.56. The zero-order valence-corrected chi connectivity index (χ0v) is 16.4. The topological polar surface area (TPSA) is 84.3 Å². The Morgan fingerprint density at radius 1 is 1.19 bits per heavy atom. The number of carbonyl (C=O) groups is 2. The minimum atomic E-state index is -0.161. The van der Waals surface area contributed by atoms with Gasteiger partial charge in [0, 0.05) is 39.0 Å². The molecule has 0 aromatic carbocycles. The molecule has 0 bridgehead atoms. The van der Waals surface area contributed by atoms with Gasteiger partial charge in [-0.2, -0.15) is 0 Å². The molecule has 2 aliphatic rings. The molecule has 8 heteroatoms. The van der Waals surface area contributed by atoms with E-state index in [1.165, 1.54) is 11.3 Å². The lowest BCUT2D eigenvalue weighted by atomic mass is 10.1. The highest BCUT2D eigenvalue weighted by atomic mass is 32.1. The number of likely N-dealkylation sites (tertiary alicyclic amines) is 1. The summed E-state index contributed by atoms with van der Waals surface area (Å²) >= 11 is 1.30. The molecule has 2 aromatic heterocycles. The van der Waals surface area contributed by atoms with Gasteiger partial charge in [0.2, 0.25) is 5.91 Å². The fourth-order valence-electron chi connectivity index (χ4n) is 3.94. The van der Waals surface area contributed by atoms with Gasteiger partial charge in [-0.05, 0) is 38.2 Å². The zero-order valence-electron chi connectivity index (χ0n) is 15.5. The smallest absolute Gasteiger partial charge is 0.262 e. The lowest BCUT2D eigenvalue weighted by molar-refractivity contribution is -0.127. The van der Waals surface area contributed by atoms with Gasteiger partial charge in [0.15, 0.2) is 0 Å². The number of nitrogens with zero attached hydrogens (tertiary/aromatic N) is 3. The molecule has 144 valence electrons. The molecule has 0 radical (unpaired) electrons. The Morgan fingerprint density at radius 2 is 2.04 bits per heavy atom. The van der Waals surface area contributed by atoms with Gasteiger partial charge in [0.05, 0.1) is 10.3 Å². The van der Waals surface area contributed by atoms with Crippen LogP contribution in [-0.2, 0) is 17.8 Å². The van der Waals surface area contributed by atoms with E-state index in [4.69, 9.17) is 0 Å². The Labute approximate surface area is 161 Å². The first-order chi connectivity index (χ1) is 13.1. The number of nitrogens with one attached hydrogen (secondary N) is 1. The SMILES string of the molecule is Cc1c(C(=O)NCCCN2CCCC2=O)sc2nc3n(c(=O)c12)CCCC3. The van der Waals surface area contributed by atoms with Crippen molar-refractivity contribution in [1.82, 2.24) is 19.8 Å². The van der Waals surface area contributed by atoms with E-state index in [2.05, 4.69) is 10.3 Å². The van der Waals surface area contributed by atoms with Crippen LogP contribution in [0.4, 0.5) is 0 Å². The average Bonchev–Trinajstić information content (AvgIpc) is 3.22. The number of thiophene rings is 1. The third kappa shape index (κ3) is 3.38. The number of fused-ring (bicyclic) bond motifs is 2. The van der Waals surface area contributed by atoms with Crippen molar-refractivity contribution in [2.24, 2.45) is 0 Å². The molecule has 0 saturated carbocycles. The molecule has 0 unspecified atom stereocenters. The molecule has 27 heavy (non-hydrogen) atoms. The van der Waals surface area contributed by atoms with Crippen LogP contribution in [0.2, 0.25) is 0 Å². The van der Waals surface area contributed by atoms with Crippen LogP contribution in [0.3, 0.4) is 0 Å². The van der Waals surface area contributed by atoms with Crippen molar-refractivity contribution in [1.29, 1.82) is 0 Å². The van der Waals surface area contributed by atoms with E-state index < -0.39 is 0 Å². The van der Waals surface area contributed by atoms with Gasteiger partial charge >= 0.3 is 0 Å². The molecule has 0 aliphatic carbocycles. The van der Waals surface area contributed by atoms with Gasteiger partial charge in [0.1, 0.15) is 10.7 Å². The van der Waals surface area contributed by atoms with Crippen molar-refractivity contribution in [2.45, 2.75) is 52.0 Å². The molecule has 1 N–H and O–H groups in total. The lowest BCUT2D eigenvalue weighted by Crippen LogP contribution is -2.30. The van der Waals surface area contributed by atoms with Crippen molar-refractivity contribution in [3.63, 3.8) is 0 Å². The lowest BCUT2D eigenvalue weighted by Gasteiger charge is -2.16. The van der Waals surface area contributed by atoms with Crippen LogP contribution >= 0.6 is 11.3 Å². The Kier molecular flexibility index (Phi) is 4.99. The number of hydrogen-bond acceptors (Lipinski definition) is 5. The minimum Gasteiger partial charge on any atom is -0.351 e. The molecule has 0 spiro atoms. The van der Waals surface area contributed by atoms with E-state index in [-0.39, 0.29) is 17.4 Å². The first kappa shape index (κ1) is 18.2. The monoisotopic (exact) mass is 388 g/mol. The quantitative estimate of drug-likeness (QED) is 0.792. The summed E-state index contributed by atoms with van der Waals surface area (Å²) in [5, 5.41) is 3.51. The second-order valence-corrected chi connectivity index (χ2v) is 8.27. The molecular weight excluding hydrogens is 364 g/mol. The van der Waals surface area contributed by atoms with E-state index in [9.17, 15) is 14.4 Å². The number of aryl methyl sites for hydroxylation is 2. The predicted molar refractivity (Wildman–Crippen MR) is 104 cm³/mol. The summed E-state index contributed by atoms with van der Waals surface area (Å²) in [4.78, 5) is 44.8. The van der Waals surface area contributed by atoms with E-state index in [1.54, 1.807) is 4.57 Å². The van der Waals surface area contributed by atoms with Crippen LogP contribution in [0.15, 0.2) is 4.79 Å². The standard InChI is InChI=1S/C19H24N4O3S/c1-12-15-18(21-13-6-2-3-11-23(13)19(15)26)27-16(12)17(25)20-8-5-10-22-9-4-7-14(22)24/h2-11H2,1H3,(H,20,25). The molecule has 4 heterocycles. The number of amides is 2. The molecule has 1 saturated heterocycles. The van der Waals surface area contributed by atoms with E-state index in [1.807, 2.05) is 11.8 Å². The van der Waals surface area contributed by atoms with Gasteiger partial charge in [-0.1, -0.05) is 0 Å². The third-order valence-electron chi connectivity index (χ3n) is 5.43. The van der Waals surface area contributed by atoms with Gasteiger partial charge in [-0.25, -0.2) is 4.98 Å². The second kappa shape index (κ2) is 7.42. The maximum Gasteiger partial charge on any atom is 0.262 e. The van der Waals surface area contributed by atoms with Crippen molar-refractivity contribution < 1.29 is 9.59 Å². The van der Waals surface area contributed by atoms with E-state index in [0.717, 1.165) is 50.0 Å². The van der Waals surface area contributed by atoms with Gasteiger partial charge in [0.25, 0.3) is 11.5 Å². The van der Waals surface area contributed by atoms with Crippen molar-refractivity contribution in [3.05, 3.63) is 26.6 Å². The molecule has 2 aromatic rings. The van der Waals surface area contributed by atoms with E-state index >= 15 is 0 Å². The summed E-state index contributed by atoms with van der Waals surface area (Å²) in [6, 6.07) is 0. The fourth-order valence-corrected chi connectivity index (χ4v) is 5.05. The number of carbonyl (C=O) groups excluding carboxylic acids is 2. The van der Waals surface area contributed by atoms with Crippen LogP contribution in [0.1, 0.15) is 53.2 Å². The summed E-state index contributed by atoms with van der Waals surface area (Å²) in [5.41, 5.74) is 0.704. The molecular formula is C19H24N4O3S. The molecule has 4 rings (SSSR count). The van der Waals surface area contributed by atoms with Crippen LogP contribution in [-0.4, -0.2) is 45.9 Å². The first-order valence-corrected chi connectivity index (χ1v) is 10.5. The molecule has 2 amide bonds. The van der Waals surface area contributed by atoms with Crippen LogP contribution in [0.5, 0.6) is 0 Å². The number of rotatable bonds is 5. The zero-order chi connectivity index (χ0) is 19.0. The minimum absolute atomic E-state index is 0.0185. The van der Waals surface area contributed by atoms with Crippen LogP contribution in [0, 0.1) is 6.92 Å². The maximum absolute atomic E-state index is 12.8. The highest BCUT2D eigenvalue weighted by molar-refractivity contribution is 7.20. The summed E-state index contributed by atoms with van der Waals surface area (Å²) < 4.78 is 1.76. The summed E-state index contributed by atoms with van der Waals surface area (Å²) in [6.07, 6.45) is 5.17. The van der Waals surface area contributed by atoms with Gasteiger partial charge in [-0.15, -0.1) is 11.3 Å². The highest BCUT2D eigenvalue weighted by Gasteiger charge is 2.23. The molecule has 0 atom stereocenters. The maximum atomic E-state index is 12.8. The number of aromatic nitrogens is 2. The fraction of sp³-hybridized carbons (Fsp3) is 0.579. The predicted octanol–water partition coefficient (Wildman–Crippen LogP) is 1.85. The van der Waals surface area contributed by atoms with Gasteiger partial charge in [-0.3, -0.25) is 19.0 Å². The second-order valence-electron chi connectivity index (χ2n) is 7.27. The Bertz CT molecular complexity index is 962. The highest BCUT2D eigenvalue weighted by Crippen LogP contribution is 2.28. The molecule has 1 fully saturated rings. The van der Waals surface area contributed by atoms with Crippen molar-refractivity contribution in [3.8, 4) is 0 Å². The molecule has 2 aliphatic heterocycles. The summed E-state index contributed by atoms with van der Waals surface area (Å²) in [5.74, 6) is 0.880. The number of hydrogen-bond donors (Lipinski definition) is 1. The van der Waals surface area contributed by atoms with Crippen LogP contribution in [0.25, 0.3) is 10.2 Å². The van der Waals surface area contributed by atoms with E-state index in [0.29, 0.717) is 41.1 Å². The third-order valence-corrected chi connectivity index (χ3v) is 6.61. The van der Waals surface area contributed by atoms with Crippen LogP contribution < -0.4 is 10.9 Å². The Hall–Kier alpha value is -2.22. The first-order valence-electron chi connectivity index (χ1n) is 9.65. The Morgan fingerprint density at radius 3 is 2.81 bits per heavy atom. The Balaban J connectivity index is 1.47. The normalized spacial score (nSPS) is 16.8. The molecule has 7 nitrogen and oxygen atoms in total. The average molecular weight is 388 g/mol.